The zero-order valence-electron chi connectivity index (χ0n) is 32.9. The average Bonchev–Trinajstić information content (AvgIpc) is 3.31. The summed E-state index contributed by atoms with van der Waals surface area (Å²) in [5.41, 5.74) is 15.1. The number of fused-ring (bicyclic) bond motifs is 2. The van der Waals surface area contributed by atoms with E-state index in [1.807, 2.05) is 0 Å². The standard InChI is InChI=1S/C57H42N2/c1-41-27-29-45(30-28-41)57-53-38-35-50(58(46-21-11-4-12-22-46)47-23-13-5-14-24-47)39-54(53)56(44-19-9-3-10-20-44)52-37-36-51(40-55(52)57)59(48-25-15-6-16-26-48)49-33-31-43(32-34-49)42-17-7-2-8-18-42/h2-40H,1H3. The van der Waals surface area contributed by atoms with Gasteiger partial charge >= 0.3 is 0 Å². The van der Waals surface area contributed by atoms with E-state index in [2.05, 4.69) is 253 Å². The zero-order chi connectivity index (χ0) is 39.5. The smallest absolute Gasteiger partial charge is 0.0468 e. The Bertz CT molecular complexity index is 2960. The quantitative estimate of drug-likeness (QED) is 0.135. The van der Waals surface area contributed by atoms with Crippen molar-refractivity contribution in [3.8, 4) is 33.4 Å². The lowest BCUT2D eigenvalue weighted by Gasteiger charge is -2.28. The molecule has 10 aromatic rings. The van der Waals surface area contributed by atoms with Crippen LogP contribution in [-0.2, 0) is 0 Å². The third-order valence-electron chi connectivity index (χ3n) is 11.3. The van der Waals surface area contributed by atoms with Gasteiger partial charge in [-0.2, -0.15) is 0 Å². The Labute approximate surface area is 346 Å². The van der Waals surface area contributed by atoms with Gasteiger partial charge in [-0.15, -0.1) is 0 Å². The molecular formula is C57H42N2. The van der Waals surface area contributed by atoms with Crippen LogP contribution in [0.3, 0.4) is 0 Å². The van der Waals surface area contributed by atoms with Gasteiger partial charge in [0.15, 0.2) is 0 Å². The Hall–Kier alpha value is -7.68. The van der Waals surface area contributed by atoms with Gasteiger partial charge in [-0.25, -0.2) is 0 Å². The molecule has 0 saturated carbocycles. The van der Waals surface area contributed by atoms with Crippen molar-refractivity contribution >= 4 is 55.7 Å². The number of anilines is 6. The fraction of sp³-hybridized carbons (Fsp3) is 0.0175. The van der Waals surface area contributed by atoms with E-state index >= 15 is 0 Å². The van der Waals surface area contributed by atoms with Gasteiger partial charge in [-0.1, -0.05) is 169 Å². The Morgan fingerprint density at radius 3 is 0.966 bits per heavy atom. The molecule has 0 heterocycles. The minimum Gasteiger partial charge on any atom is -0.310 e. The Morgan fingerprint density at radius 1 is 0.237 bits per heavy atom. The molecule has 0 aliphatic rings. The van der Waals surface area contributed by atoms with Gasteiger partial charge in [0.25, 0.3) is 0 Å². The number of para-hydroxylation sites is 3. The second kappa shape index (κ2) is 15.7. The number of nitrogens with zero attached hydrogens (tertiary/aromatic N) is 2. The molecule has 0 radical (unpaired) electrons. The Kier molecular flexibility index (Phi) is 9.50. The third-order valence-corrected chi connectivity index (χ3v) is 11.3. The molecule has 2 nitrogen and oxygen atoms in total. The molecule has 2 heteroatoms. The van der Waals surface area contributed by atoms with Gasteiger partial charge in [-0.3, -0.25) is 0 Å². The van der Waals surface area contributed by atoms with Crippen LogP contribution in [-0.4, -0.2) is 0 Å². The van der Waals surface area contributed by atoms with Crippen LogP contribution >= 0.6 is 0 Å². The molecule has 10 aromatic carbocycles. The molecule has 0 fully saturated rings. The molecule has 10 rings (SSSR count). The first-order chi connectivity index (χ1) is 29.2. The summed E-state index contributed by atoms with van der Waals surface area (Å²) in [5, 5.41) is 4.83. The molecule has 0 bridgehead atoms. The van der Waals surface area contributed by atoms with Crippen LogP contribution in [0.25, 0.3) is 54.9 Å². The van der Waals surface area contributed by atoms with Gasteiger partial charge in [0.2, 0.25) is 0 Å². The van der Waals surface area contributed by atoms with Crippen molar-refractivity contribution in [1.82, 2.24) is 0 Å². The van der Waals surface area contributed by atoms with Crippen LogP contribution in [0.5, 0.6) is 0 Å². The first-order valence-corrected chi connectivity index (χ1v) is 20.3. The summed E-state index contributed by atoms with van der Waals surface area (Å²) >= 11 is 0. The van der Waals surface area contributed by atoms with E-state index in [1.165, 1.54) is 60.5 Å². The van der Waals surface area contributed by atoms with Crippen LogP contribution in [0.2, 0.25) is 0 Å². The van der Waals surface area contributed by atoms with Crippen LogP contribution < -0.4 is 9.80 Å². The van der Waals surface area contributed by atoms with Gasteiger partial charge < -0.3 is 9.80 Å². The summed E-state index contributed by atoms with van der Waals surface area (Å²) in [4.78, 5) is 4.73. The van der Waals surface area contributed by atoms with Crippen molar-refractivity contribution in [2.45, 2.75) is 6.92 Å². The van der Waals surface area contributed by atoms with Crippen molar-refractivity contribution in [2.24, 2.45) is 0 Å². The van der Waals surface area contributed by atoms with Crippen molar-refractivity contribution in [3.63, 3.8) is 0 Å². The average molecular weight is 755 g/mol. The number of rotatable bonds is 9. The molecule has 0 unspecified atom stereocenters. The summed E-state index contributed by atoms with van der Waals surface area (Å²) in [6.45, 7) is 2.16. The number of hydrogen-bond donors (Lipinski definition) is 0. The molecule has 0 saturated heterocycles. The molecule has 0 aliphatic heterocycles. The van der Waals surface area contributed by atoms with Crippen LogP contribution in [0.15, 0.2) is 237 Å². The van der Waals surface area contributed by atoms with E-state index in [-0.39, 0.29) is 0 Å². The molecule has 0 aliphatic carbocycles. The molecule has 0 amide bonds. The van der Waals surface area contributed by atoms with Crippen LogP contribution in [0, 0.1) is 6.92 Å². The fourth-order valence-corrected chi connectivity index (χ4v) is 8.49. The van der Waals surface area contributed by atoms with E-state index in [0.717, 1.165) is 34.1 Å². The molecule has 280 valence electrons. The van der Waals surface area contributed by atoms with Gasteiger partial charge in [0.05, 0.1) is 0 Å². The topological polar surface area (TPSA) is 6.48 Å². The maximum atomic E-state index is 2.41. The molecule has 0 aromatic heterocycles. The molecule has 0 atom stereocenters. The molecule has 0 spiro atoms. The monoisotopic (exact) mass is 754 g/mol. The SMILES string of the molecule is Cc1ccc(-c2c3ccc(N(c4ccccc4)c4ccccc4)cc3c(-c3ccccc3)c3ccc(N(c4ccccc4)c4ccc(-c5ccccc5)cc4)cc23)cc1. The predicted octanol–water partition coefficient (Wildman–Crippen LogP) is 16.2. The maximum absolute atomic E-state index is 2.41. The lowest BCUT2D eigenvalue weighted by atomic mass is 9.85. The Morgan fingerprint density at radius 2 is 0.542 bits per heavy atom. The summed E-state index contributed by atoms with van der Waals surface area (Å²) in [6.07, 6.45) is 0. The fourth-order valence-electron chi connectivity index (χ4n) is 8.49. The summed E-state index contributed by atoms with van der Waals surface area (Å²) in [5.74, 6) is 0. The normalized spacial score (nSPS) is 11.1. The van der Waals surface area contributed by atoms with Crippen LogP contribution in [0.1, 0.15) is 5.56 Å². The van der Waals surface area contributed by atoms with Crippen molar-refractivity contribution < 1.29 is 0 Å². The summed E-state index contributed by atoms with van der Waals surface area (Å²) < 4.78 is 0. The van der Waals surface area contributed by atoms with E-state index in [4.69, 9.17) is 0 Å². The maximum Gasteiger partial charge on any atom is 0.0468 e. The number of hydrogen-bond acceptors (Lipinski definition) is 2. The van der Waals surface area contributed by atoms with Crippen molar-refractivity contribution in [2.75, 3.05) is 9.80 Å². The minimum atomic E-state index is 1.10. The highest BCUT2D eigenvalue weighted by Crippen LogP contribution is 2.48. The highest BCUT2D eigenvalue weighted by molar-refractivity contribution is 6.22. The van der Waals surface area contributed by atoms with Gasteiger partial charge in [-0.05, 0) is 135 Å². The Balaban J connectivity index is 1.25. The first-order valence-electron chi connectivity index (χ1n) is 20.3. The van der Waals surface area contributed by atoms with Crippen molar-refractivity contribution in [1.29, 1.82) is 0 Å². The first kappa shape index (κ1) is 35.7. The van der Waals surface area contributed by atoms with Crippen LogP contribution in [0.4, 0.5) is 34.1 Å². The summed E-state index contributed by atoms with van der Waals surface area (Å²) in [6, 6.07) is 85.5. The highest BCUT2D eigenvalue weighted by atomic mass is 15.1. The lowest BCUT2D eigenvalue weighted by molar-refractivity contribution is 1.29. The summed E-state index contributed by atoms with van der Waals surface area (Å²) in [7, 11) is 0. The number of benzene rings is 10. The van der Waals surface area contributed by atoms with E-state index in [1.54, 1.807) is 0 Å². The lowest BCUT2D eigenvalue weighted by Crippen LogP contribution is -2.10. The largest absolute Gasteiger partial charge is 0.310 e. The molecular weight excluding hydrogens is 713 g/mol. The van der Waals surface area contributed by atoms with E-state index in [0.29, 0.717) is 0 Å². The minimum absolute atomic E-state index is 1.10. The second-order valence-electron chi connectivity index (χ2n) is 15.0. The predicted molar refractivity (Wildman–Crippen MR) is 252 cm³/mol. The van der Waals surface area contributed by atoms with Gasteiger partial charge in [0.1, 0.15) is 0 Å². The second-order valence-corrected chi connectivity index (χ2v) is 15.0. The highest BCUT2D eigenvalue weighted by Gasteiger charge is 2.22. The van der Waals surface area contributed by atoms with Crippen molar-refractivity contribution in [3.05, 3.63) is 242 Å². The van der Waals surface area contributed by atoms with Gasteiger partial charge in [0, 0.05) is 34.1 Å². The molecule has 59 heavy (non-hydrogen) atoms. The number of aryl methyl sites for hydroxylation is 1. The molecule has 0 N–H and O–H groups in total. The van der Waals surface area contributed by atoms with E-state index in [9.17, 15) is 0 Å². The zero-order valence-corrected chi connectivity index (χ0v) is 32.9. The van der Waals surface area contributed by atoms with E-state index < -0.39 is 0 Å². The third kappa shape index (κ3) is 6.92.